The number of unbranched alkanes of at least 4 members (excludes halogenated alkanes) is 9. The highest BCUT2D eigenvalue weighted by atomic mass is 31.2. The van der Waals surface area contributed by atoms with E-state index in [1.54, 1.807) is 0 Å². The first kappa shape index (κ1) is 26.8. The second kappa shape index (κ2) is 15.5. The van der Waals surface area contributed by atoms with Crippen LogP contribution in [0.2, 0.25) is 0 Å². The lowest BCUT2D eigenvalue weighted by Gasteiger charge is -2.19. The highest BCUT2D eigenvalue weighted by molar-refractivity contribution is 7.52. The number of hydrogen-bond acceptors (Lipinski definition) is 7. The van der Waals surface area contributed by atoms with Crippen molar-refractivity contribution in [2.45, 2.75) is 83.8 Å². The predicted molar refractivity (Wildman–Crippen MR) is 117 cm³/mol. The molecule has 9 nitrogen and oxygen atoms in total. The molecule has 0 bridgehead atoms. The van der Waals surface area contributed by atoms with Crippen molar-refractivity contribution < 1.29 is 23.8 Å². The Morgan fingerprint density at radius 2 is 1.73 bits per heavy atom. The maximum absolute atomic E-state index is 12.1. The van der Waals surface area contributed by atoms with Crippen molar-refractivity contribution in [2.24, 2.45) is 0 Å². The molecular weight excluding hydrogens is 409 g/mol. The van der Waals surface area contributed by atoms with E-state index in [0.29, 0.717) is 0 Å². The molecule has 174 valence electrons. The van der Waals surface area contributed by atoms with Gasteiger partial charge in [0.2, 0.25) is 0 Å². The number of nitrogens with zero attached hydrogens (tertiary/aromatic N) is 2. The molecule has 1 aromatic heterocycles. The molecule has 0 spiro atoms. The Kier molecular flexibility index (Phi) is 13.9. The van der Waals surface area contributed by atoms with Gasteiger partial charge in [-0.1, -0.05) is 64.7 Å². The number of hydrogen-bond donors (Lipinski definition) is 3. The predicted octanol–water partition coefficient (Wildman–Crippen LogP) is 3.28. The van der Waals surface area contributed by atoms with Gasteiger partial charge in [0.25, 0.3) is 0 Å². The summed E-state index contributed by atoms with van der Waals surface area (Å²) in [4.78, 5) is 25.2. The molecule has 10 heteroatoms. The molecule has 1 aromatic rings. The van der Waals surface area contributed by atoms with Crippen molar-refractivity contribution in [3.63, 3.8) is 0 Å². The smallest absolute Gasteiger partial charge is 0.353 e. The SMILES string of the molecule is CCCCCCCCCCCCOP(=O)(O)CO[C@H](CO)Cn1ccc(N)nc1=O. The van der Waals surface area contributed by atoms with Crippen LogP contribution in [0.25, 0.3) is 0 Å². The van der Waals surface area contributed by atoms with Crippen molar-refractivity contribution in [1.29, 1.82) is 0 Å². The molecule has 1 heterocycles. The van der Waals surface area contributed by atoms with E-state index < -0.39 is 32.3 Å². The number of ether oxygens (including phenoxy) is 1. The molecule has 0 saturated carbocycles. The molecule has 0 saturated heterocycles. The number of rotatable bonds is 18. The summed E-state index contributed by atoms with van der Waals surface area (Å²) in [6, 6.07) is 1.45. The van der Waals surface area contributed by atoms with Gasteiger partial charge in [-0.2, -0.15) is 4.98 Å². The highest BCUT2D eigenvalue weighted by Gasteiger charge is 2.22. The van der Waals surface area contributed by atoms with Gasteiger partial charge in [-0.15, -0.1) is 0 Å². The second-order valence-corrected chi connectivity index (χ2v) is 9.33. The maximum Gasteiger partial charge on any atom is 0.353 e. The third kappa shape index (κ3) is 12.4. The molecule has 0 aliphatic rings. The number of aliphatic hydroxyl groups excluding tert-OH is 1. The van der Waals surface area contributed by atoms with Crippen LogP contribution in [0.3, 0.4) is 0 Å². The molecule has 0 aromatic carbocycles. The molecule has 30 heavy (non-hydrogen) atoms. The van der Waals surface area contributed by atoms with E-state index in [4.69, 9.17) is 15.0 Å². The first-order valence-electron chi connectivity index (χ1n) is 10.9. The minimum Gasteiger partial charge on any atom is -0.394 e. The Balaban J connectivity index is 2.17. The van der Waals surface area contributed by atoms with Gasteiger partial charge in [0.05, 0.1) is 25.9 Å². The summed E-state index contributed by atoms with van der Waals surface area (Å²) in [5, 5.41) is 9.41. The number of aromatic nitrogens is 2. The van der Waals surface area contributed by atoms with Gasteiger partial charge in [0, 0.05) is 6.20 Å². The zero-order valence-corrected chi connectivity index (χ0v) is 19.0. The van der Waals surface area contributed by atoms with Gasteiger partial charge in [0.15, 0.2) is 0 Å². The van der Waals surface area contributed by atoms with E-state index in [2.05, 4.69) is 11.9 Å². The standard InChI is InChI=1S/C20H38N3O6P/c1-2-3-4-5-6-7-8-9-10-11-14-29-30(26,27)17-28-18(16-24)15-23-13-12-19(21)22-20(23)25/h12-13,18,24H,2-11,14-17H2,1H3,(H,26,27)(H2,21,22,25)/t18-/m0/s1. The zero-order valence-electron chi connectivity index (χ0n) is 18.1. The number of aliphatic hydroxyl groups is 1. The molecule has 1 rings (SSSR count). The van der Waals surface area contributed by atoms with Gasteiger partial charge >= 0.3 is 13.3 Å². The molecule has 1 unspecified atom stereocenters. The number of nitrogen functional groups attached to an aromatic ring is 1. The van der Waals surface area contributed by atoms with Crippen LogP contribution in [-0.2, 0) is 20.4 Å². The van der Waals surface area contributed by atoms with Crippen LogP contribution in [0.15, 0.2) is 17.1 Å². The summed E-state index contributed by atoms with van der Waals surface area (Å²) in [7, 11) is -3.92. The minimum atomic E-state index is -3.92. The van der Waals surface area contributed by atoms with Gasteiger partial charge in [-0.3, -0.25) is 9.13 Å². The van der Waals surface area contributed by atoms with E-state index >= 15 is 0 Å². The average molecular weight is 448 g/mol. The second-order valence-electron chi connectivity index (χ2n) is 7.54. The van der Waals surface area contributed by atoms with Gasteiger partial charge < -0.3 is 25.0 Å². The van der Waals surface area contributed by atoms with E-state index in [1.807, 2.05) is 0 Å². The lowest BCUT2D eigenvalue weighted by Crippen LogP contribution is -2.32. The molecular formula is C20H38N3O6P. The van der Waals surface area contributed by atoms with Crippen LogP contribution in [0.5, 0.6) is 0 Å². The average Bonchev–Trinajstić information content (AvgIpc) is 2.70. The minimum absolute atomic E-state index is 0.0128. The summed E-state index contributed by atoms with van der Waals surface area (Å²) in [6.07, 6.45) is 11.7. The summed E-state index contributed by atoms with van der Waals surface area (Å²) in [5.74, 6) is 0.0953. The normalized spacial score (nSPS) is 14.5. The van der Waals surface area contributed by atoms with Gasteiger partial charge in [-0.05, 0) is 12.5 Å². The Morgan fingerprint density at radius 1 is 1.13 bits per heavy atom. The van der Waals surface area contributed by atoms with Crippen LogP contribution in [0.1, 0.15) is 71.1 Å². The van der Waals surface area contributed by atoms with E-state index in [0.717, 1.165) is 19.3 Å². The molecule has 0 aliphatic heterocycles. The lowest BCUT2D eigenvalue weighted by atomic mass is 10.1. The first-order valence-corrected chi connectivity index (χ1v) is 12.7. The summed E-state index contributed by atoms with van der Waals surface area (Å²) in [6.45, 7) is 1.97. The van der Waals surface area contributed by atoms with Gasteiger partial charge in [0.1, 0.15) is 12.2 Å². The monoisotopic (exact) mass is 447 g/mol. The van der Waals surface area contributed by atoms with E-state index in [-0.39, 0.29) is 19.0 Å². The molecule has 4 N–H and O–H groups in total. The highest BCUT2D eigenvalue weighted by Crippen LogP contribution is 2.42. The molecule has 2 atom stereocenters. The Morgan fingerprint density at radius 3 is 2.30 bits per heavy atom. The number of nitrogens with two attached hydrogens (primary N) is 1. The summed E-state index contributed by atoms with van der Waals surface area (Å²) >= 11 is 0. The molecule has 0 fully saturated rings. The molecule has 0 radical (unpaired) electrons. The first-order chi connectivity index (χ1) is 14.4. The Bertz CT molecular complexity index is 685. The molecule has 0 amide bonds. The fraction of sp³-hybridized carbons (Fsp3) is 0.800. The summed E-state index contributed by atoms with van der Waals surface area (Å²) in [5.41, 5.74) is 4.85. The fourth-order valence-corrected chi connectivity index (χ4v) is 3.89. The van der Waals surface area contributed by atoms with Crippen LogP contribution < -0.4 is 11.4 Å². The summed E-state index contributed by atoms with van der Waals surface area (Å²) < 4.78 is 23.7. The third-order valence-electron chi connectivity index (χ3n) is 4.76. The zero-order chi connectivity index (χ0) is 22.2. The van der Waals surface area contributed by atoms with Crippen LogP contribution >= 0.6 is 7.60 Å². The van der Waals surface area contributed by atoms with Crippen molar-refractivity contribution >= 4 is 13.4 Å². The Hall–Kier alpha value is -1.25. The fourth-order valence-electron chi connectivity index (χ4n) is 3.00. The molecule has 0 aliphatic carbocycles. The Labute approximate surface area is 179 Å². The van der Waals surface area contributed by atoms with Crippen LogP contribution in [0, 0.1) is 0 Å². The largest absolute Gasteiger partial charge is 0.394 e. The van der Waals surface area contributed by atoms with E-state index in [1.165, 1.54) is 61.8 Å². The maximum atomic E-state index is 12.1. The van der Waals surface area contributed by atoms with Crippen molar-refractivity contribution in [3.05, 3.63) is 22.7 Å². The van der Waals surface area contributed by atoms with Gasteiger partial charge in [-0.25, -0.2) is 4.79 Å². The van der Waals surface area contributed by atoms with E-state index in [9.17, 15) is 19.4 Å². The quantitative estimate of drug-likeness (QED) is 0.230. The van der Waals surface area contributed by atoms with Crippen LogP contribution in [0.4, 0.5) is 5.82 Å². The topological polar surface area (TPSA) is 137 Å². The van der Waals surface area contributed by atoms with Crippen molar-refractivity contribution in [2.75, 3.05) is 25.3 Å². The number of anilines is 1. The van der Waals surface area contributed by atoms with Crippen molar-refractivity contribution in [1.82, 2.24) is 9.55 Å². The lowest BCUT2D eigenvalue weighted by molar-refractivity contribution is 0.0167. The third-order valence-corrected chi connectivity index (χ3v) is 5.83. The van der Waals surface area contributed by atoms with Crippen LogP contribution in [-0.4, -0.2) is 45.2 Å². The van der Waals surface area contributed by atoms with Crippen molar-refractivity contribution in [3.8, 4) is 0 Å².